The van der Waals surface area contributed by atoms with Crippen molar-refractivity contribution in [2.24, 2.45) is 5.92 Å². The smallest absolute Gasteiger partial charge is 0.251 e. The third kappa shape index (κ3) is 3.99. The minimum atomic E-state index is -3.41. The number of nitrogens with zero attached hydrogens (tertiary/aromatic N) is 3. The molecule has 1 aromatic rings. The van der Waals surface area contributed by atoms with Crippen LogP contribution in [0.15, 0.2) is 23.0 Å². The van der Waals surface area contributed by atoms with Crippen LogP contribution >= 0.6 is 0 Å². The van der Waals surface area contributed by atoms with Crippen molar-refractivity contribution in [3.05, 3.63) is 34.2 Å². The van der Waals surface area contributed by atoms with Crippen LogP contribution in [0.2, 0.25) is 0 Å². The lowest BCUT2D eigenvalue weighted by molar-refractivity contribution is -0.133. The maximum Gasteiger partial charge on any atom is 0.251 e. The zero-order valence-electron chi connectivity index (χ0n) is 15.4. The predicted molar refractivity (Wildman–Crippen MR) is 98.6 cm³/mol. The number of carbonyl (C=O) groups excluding carboxylic acids is 1. The Morgan fingerprint density at radius 2 is 2.04 bits per heavy atom. The number of likely N-dealkylation sites (tertiary alicyclic amines) is 1. The Hall–Kier alpha value is -1.71. The van der Waals surface area contributed by atoms with Gasteiger partial charge in [-0.15, -0.1) is 0 Å². The molecule has 1 saturated heterocycles. The fourth-order valence-electron chi connectivity index (χ4n) is 4.16. The molecule has 3 heterocycles. The minimum Gasteiger partial charge on any atom is -0.341 e. The Morgan fingerprint density at radius 3 is 2.69 bits per heavy atom. The van der Waals surface area contributed by atoms with Gasteiger partial charge in [-0.1, -0.05) is 6.07 Å². The monoisotopic (exact) mass is 382 g/mol. The Morgan fingerprint density at radius 1 is 1.31 bits per heavy atom. The van der Waals surface area contributed by atoms with Crippen LogP contribution in [-0.2, 0) is 14.8 Å². The van der Waals surface area contributed by atoms with E-state index in [0.29, 0.717) is 13.1 Å². The average molecular weight is 382 g/mol. The van der Waals surface area contributed by atoms with E-state index < -0.39 is 10.0 Å². The van der Waals surface area contributed by atoms with Gasteiger partial charge < -0.3 is 14.4 Å². The molecule has 2 bridgehead atoms. The molecular weight excluding hydrogens is 356 g/mol. The Labute approximate surface area is 153 Å². The topological polar surface area (TPSA) is 91.7 Å². The first-order valence-corrected chi connectivity index (χ1v) is 10.6. The van der Waals surface area contributed by atoms with Crippen molar-refractivity contribution in [2.75, 3.05) is 46.5 Å². The molecule has 0 aliphatic carbocycles. The molecule has 3 atom stereocenters. The standard InChI is InChI=1S/C17H26N4O4S/c1-19(2)11-15-13-7-12(14-5-4-6-16(22)21(14)15)9-20(10-13)17(23)8-18-26(3,24)25/h4-6,12-13,15,18H,7-11H2,1-3H3/t12-,13+,15+/m1/s1. The van der Waals surface area contributed by atoms with Gasteiger partial charge >= 0.3 is 0 Å². The van der Waals surface area contributed by atoms with E-state index in [0.717, 1.165) is 24.9 Å². The first-order chi connectivity index (χ1) is 12.2. The number of fused-ring (bicyclic) bond motifs is 4. The van der Waals surface area contributed by atoms with Crippen molar-refractivity contribution in [3.63, 3.8) is 0 Å². The number of likely N-dealkylation sites (N-methyl/N-ethyl adjacent to an activating group) is 1. The van der Waals surface area contributed by atoms with Gasteiger partial charge in [-0.2, -0.15) is 0 Å². The number of nitrogens with one attached hydrogen (secondary N) is 1. The number of amides is 1. The fourth-order valence-corrected chi connectivity index (χ4v) is 4.55. The van der Waals surface area contributed by atoms with Gasteiger partial charge in [0.15, 0.2) is 0 Å². The summed E-state index contributed by atoms with van der Waals surface area (Å²) in [7, 11) is 0.540. The first kappa shape index (κ1) is 19.1. The van der Waals surface area contributed by atoms with Crippen LogP contribution in [-0.4, -0.2) is 75.2 Å². The van der Waals surface area contributed by atoms with Crippen molar-refractivity contribution in [2.45, 2.75) is 18.4 Å². The highest BCUT2D eigenvalue weighted by Crippen LogP contribution is 2.41. The molecule has 0 radical (unpaired) electrons. The van der Waals surface area contributed by atoms with Gasteiger partial charge in [0.1, 0.15) is 0 Å². The van der Waals surface area contributed by atoms with Crippen LogP contribution in [0.3, 0.4) is 0 Å². The van der Waals surface area contributed by atoms with Gasteiger partial charge in [-0.25, -0.2) is 13.1 Å². The summed E-state index contributed by atoms with van der Waals surface area (Å²) in [5, 5.41) is 0. The molecule has 0 unspecified atom stereocenters. The van der Waals surface area contributed by atoms with Crippen LogP contribution < -0.4 is 10.3 Å². The van der Waals surface area contributed by atoms with Gasteiger partial charge in [0.05, 0.1) is 18.8 Å². The highest BCUT2D eigenvalue weighted by atomic mass is 32.2. The van der Waals surface area contributed by atoms with E-state index in [1.165, 1.54) is 0 Å². The zero-order valence-corrected chi connectivity index (χ0v) is 16.2. The molecular formula is C17H26N4O4S. The third-order valence-corrected chi connectivity index (χ3v) is 5.86. The predicted octanol–water partition coefficient (Wildman–Crippen LogP) is -0.554. The maximum absolute atomic E-state index is 12.5. The van der Waals surface area contributed by atoms with Crippen molar-refractivity contribution in [3.8, 4) is 0 Å². The Bertz CT molecular complexity index is 849. The van der Waals surface area contributed by atoms with Crippen molar-refractivity contribution in [1.82, 2.24) is 19.1 Å². The van der Waals surface area contributed by atoms with E-state index in [1.54, 1.807) is 17.0 Å². The Kier molecular flexibility index (Phi) is 5.23. The number of piperidine rings is 1. The molecule has 3 rings (SSSR count). The summed E-state index contributed by atoms with van der Waals surface area (Å²) in [4.78, 5) is 28.8. The van der Waals surface area contributed by atoms with Gasteiger partial charge in [0, 0.05) is 37.3 Å². The van der Waals surface area contributed by atoms with Crippen LogP contribution in [0.1, 0.15) is 24.1 Å². The van der Waals surface area contributed by atoms with Crippen molar-refractivity contribution < 1.29 is 13.2 Å². The van der Waals surface area contributed by atoms with Crippen LogP contribution in [0.4, 0.5) is 0 Å². The molecule has 144 valence electrons. The number of sulfonamides is 1. The maximum atomic E-state index is 12.5. The first-order valence-electron chi connectivity index (χ1n) is 8.74. The lowest BCUT2D eigenvalue weighted by Gasteiger charge is -2.47. The largest absolute Gasteiger partial charge is 0.341 e. The summed E-state index contributed by atoms with van der Waals surface area (Å²) in [6, 6.07) is 5.33. The molecule has 0 saturated carbocycles. The number of hydrogen-bond acceptors (Lipinski definition) is 5. The Balaban J connectivity index is 1.88. The summed E-state index contributed by atoms with van der Waals surface area (Å²) in [5.41, 5.74) is 0.969. The second-order valence-corrected chi connectivity index (χ2v) is 9.41. The highest BCUT2D eigenvalue weighted by Gasteiger charge is 2.41. The van der Waals surface area contributed by atoms with E-state index >= 15 is 0 Å². The van der Waals surface area contributed by atoms with Crippen LogP contribution in [0.5, 0.6) is 0 Å². The molecule has 0 aromatic carbocycles. The van der Waals surface area contributed by atoms with Gasteiger partial charge in [-0.05, 0) is 32.5 Å². The molecule has 1 amide bonds. The number of aromatic nitrogens is 1. The molecule has 2 aliphatic rings. The van der Waals surface area contributed by atoms with Gasteiger partial charge in [-0.3, -0.25) is 9.59 Å². The third-order valence-electron chi connectivity index (χ3n) is 5.19. The quantitative estimate of drug-likeness (QED) is 0.738. The second kappa shape index (κ2) is 7.13. The minimum absolute atomic E-state index is 0.00238. The number of rotatable bonds is 5. The van der Waals surface area contributed by atoms with E-state index in [2.05, 4.69) is 9.62 Å². The molecule has 1 aromatic heterocycles. The van der Waals surface area contributed by atoms with E-state index in [4.69, 9.17) is 0 Å². The summed E-state index contributed by atoms with van der Waals surface area (Å²) in [5.74, 6) is 0.0506. The number of pyridine rings is 1. The average Bonchev–Trinajstić information content (AvgIpc) is 2.55. The second-order valence-electron chi connectivity index (χ2n) is 7.57. The normalized spacial score (nSPS) is 25.2. The lowest BCUT2D eigenvalue weighted by atomic mass is 9.78. The number of hydrogen-bond donors (Lipinski definition) is 1. The summed E-state index contributed by atoms with van der Waals surface area (Å²) < 4.78 is 26.7. The van der Waals surface area contributed by atoms with E-state index in [1.807, 2.05) is 24.7 Å². The SMILES string of the molecule is CN(C)C[C@H]1[C@H]2C[C@H](CN(C(=O)CNS(C)(=O)=O)C2)c2cccc(=O)n21. The molecule has 2 aliphatic heterocycles. The van der Waals surface area contributed by atoms with E-state index in [9.17, 15) is 18.0 Å². The molecule has 1 fully saturated rings. The van der Waals surface area contributed by atoms with Crippen LogP contribution in [0, 0.1) is 5.92 Å². The van der Waals surface area contributed by atoms with Crippen molar-refractivity contribution in [1.29, 1.82) is 0 Å². The van der Waals surface area contributed by atoms with E-state index in [-0.39, 0.29) is 35.9 Å². The van der Waals surface area contributed by atoms with Crippen molar-refractivity contribution >= 4 is 15.9 Å². The van der Waals surface area contributed by atoms with Crippen LogP contribution in [0.25, 0.3) is 0 Å². The molecule has 9 heteroatoms. The lowest BCUT2D eigenvalue weighted by Crippen LogP contribution is -2.54. The molecule has 0 spiro atoms. The molecule has 26 heavy (non-hydrogen) atoms. The molecule has 8 nitrogen and oxygen atoms in total. The zero-order chi connectivity index (χ0) is 19.1. The highest BCUT2D eigenvalue weighted by molar-refractivity contribution is 7.88. The van der Waals surface area contributed by atoms with Gasteiger partial charge in [0.25, 0.3) is 5.56 Å². The summed E-state index contributed by atoms with van der Waals surface area (Å²) >= 11 is 0. The van der Waals surface area contributed by atoms with Gasteiger partial charge in [0.2, 0.25) is 15.9 Å². The number of carbonyl (C=O) groups is 1. The molecule has 1 N–H and O–H groups in total. The summed E-state index contributed by atoms with van der Waals surface area (Å²) in [6.07, 6.45) is 1.98. The fraction of sp³-hybridized carbons (Fsp3) is 0.647. The summed E-state index contributed by atoms with van der Waals surface area (Å²) in [6.45, 7) is 1.55.